The van der Waals surface area contributed by atoms with Crippen molar-refractivity contribution < 1.29 is 18.3 Å². The van der Waals surface area contributed by atoms with E-state index in [2.05, 4.69) is 4.98 Å². The van der Waals surface area contributed by atoms with Gasteiger partial charge in [0.1, 0.15) is 5.56 Å². The smallest absolute Gasteiger partial charge is 0.266 e. The van der Waals surface area contributed by atoms with Gasteiger partial charge in [0.2, 0.25) is 5.88 Å². The van der Waals surface area contributed by atoms with Gasteiger partial charge in [-0.05, 0) is 34.2 Å². The molecule has 0 bridgehead atoms. The normalized spacial score (nSPS) is 10.5. The molecule has 3 nitrogen and oxygen atoms in total. The van der Waals surface area contributed by atoms with E-state index in [1.165, 1.54) is 7.11 Å². The second-order valence-electron chi connectivity index (χ2n) is 2.49. The summed E-state index contributed by atoms with van der Waals surface area (Å²) in [5.41, 5.74) is -0.460. The Morgan fingerprint density at radius 3 is 2.67 bits per heavy atom. The van der Waals surface area contributed by atoms with Gasteiger partial charge in [0.05, 0.1) is 12.7 Å². The molecule has 1 aromatic heterocycles. The quantitative estimate of drug-likeness (QED) is 0.623. The lowest BCUT2D eigenvalue weighted by molar-refractivity contribution is 0.107. The molecule has 0 saturated heterocycles. The minimum atomic E-state index is -2.70. The van der Waals surface area contributed by atoms with Gasteiger partial charge in [0, 0.05) is 9.77 Å². The number of hydrogen-bond acceptors (Lipinski definition) is 3. The van der Waals surface area contributed by atoms with Crippen LogP contribution in [0.5, 0.6) is 5.88 Å². The lowest BCUT2D eigenvalue weighted by Gasteiger charge is -2.09. The first-order valence-electron chi connectivity index (χ1n) is 3.69. The van der Waals surface area contributed by atoms with Crippen molar-refractivity contribution in [2.75, 3.05) is 7.11 Å². The molecule has 0 unspecified atom stereocenters. The van der Waals surface area contributed by atoms with Crippen molar-refractivity contribution in [3.63, 3.8) is 0 Å². The molecule has 0 saturated carbocycles. The van der Waals surface area contributed by atoms with Gasteiger partial charge < -0.3 is 4.74 Å². The van der Waals surface area contributed by atoms with Gasteiger partial charge in [-0.2, -0.15) is 0 Å². The predicted octanol–water partition coefficient (Wildman–Crippen LogP) is 3.01. The number of alkyl halides is 2. The first-order valence-corrected chi connectivity index (χ1v) is 5.15. The molecule has 15 heavy (non-hydrogen) atoms. The summed E-state index contributed by atoms with van der Waals surface area (Å²) in [6.07, 6.45) is -1.74. The van der Waals surface area contributed by atoms with Crippen LogP contribution in [0.3, 0.4) is 0 Å². The minimum absolute atomic E-state index is 0.0520. The van der Waals surface area contributed by atoms with Crippen LogP contribution in [0.15, 0.2) is 6.20 Å². The molecule has 0 aliphatic rings. The topological polar surface area (TPSA) is 39.2 Å². The minimum Gasteiger partial charge on any atom is -0.480 e. The highest BCUT2D eigenvalue weighted by molar-refractivity contribution is 14.1. The van der Waals surface area contributed by atoms with Crippen molar-refractivity contribution in [2.24, 2.45) is 0 Å². The van der Waals surface area contributed by atoms with Gasteiger partial charge in [-0.1, -0.05) is 0 Å². The molecular formula is C8H5ClF2INO2. The van der Waals surface area contributed by atoms with E-state index >= 15 is 0 Å². The molecule has 0 spiro atoms. The van der Waals surface area contributed by atoms with Crippen LogP contribution in [-0.2, 0) is 0 Å². The Balaban J connectivity index is 3.42. The summed E-state index contributed by atoms with van der Waals surface area (Å²) in [5.74, 6) is -0.0520. The van der Waals surface area contributed by atoms with Crippen molar-refractivity contribution in [1.82, 2.24) is 4.98 Å². The van der Waals surface area contributed by atoms with E-state index in [9.17, 15) is 13.6 Å². The molecule has 82 valence electrons. The summed E-state index contributed by atoms with van der Waals surface area (Å²) >= 11 is 6.88. The standard InChI is InChI=1S/C8H5ClF2INO2/c1-15-8-4(6(9)14)5(12)3(2-13-8)7(10)11/h2,7H,1H3. The average molecular weight is 347 g/mol. The van der Waals surface area contributed by atoms with E-state index in [1.54, 1.807) is 22.6 Å². The molecule has 0 aromatic carbocycles. The van der Waals surface area contributed by atoms with Crippen LogP contribution in [0.1, 0.15) is 22.3 Å². The molecule has 0 atom stereocenters. The number of ether oxygens (including phenoxy) is 1. The second-order valence-corrected chi connectivity index (χ2v) is 3.91. The van der Waals surface area contributed by atoms with E-state index in [0.717, 1.165) is 6.20 Å². The van der Waals surface area contributed by atoms with Gasteiger partial charge in [0.25, 0.3) is 11.7 Å². The van der Waals surface area contributed by atoms with Crippen molar-refractivity contribution in [3.8, 4) is 5.88 Å². The number of methoxy groups -OCH3 is 1. The number of carbonyl (C=O) groups excluding carboxylic acids is 1. The monoisotopic (exact) mass is 347 g/mol. The van der Waals surface area contributed by atoms with Crippen molar-refractivity contribution in [3.05, 3.63) is 20.9 Å². The van der Waals surface area contributed by atoms with Crippen molar-refractivity contribution in [1.29, 1.82) is 0 Å². The third-order valence-electron chi connectivity index (χ3n) is 1.63. The first kappa shape index (κ1) is 12.6. The Labute approximate surface area is 103 Å². The predicted molar refractivity (Wildman–Crippen MR) is 58.6 cm³/mol. The number of hydrogen-bond donors (Lipinski definition) is 0. The summed E-state index contributed by atoms with van der Waals surface area (Å²) in [6, 6.07) is 0. The number of halogens is 4. The molecule has 0 aliphatic carbocycles. The second kappa shape index (κ2) is 5.02. The highest BCUT2D eigenvalue weighted by atomic mass is 127. The molecule has 0 radical (unpaired) electrons. The van der Waals surface area contributed by atoms with Crippen LogP contribution < -0.4 is 4.74 Å². The van der Waals surface area contributed by atoms with Crippen LogP contribution in [0, 0.1) is 3.57 Å². The van der Waals surface area contributed by atoms with Crippen LogP contribution in [0.25, 0.3) is 0 Å². The number of rotatable bonds is 3. The zero-order chi connectivity index (χ0) is 11.6. The zero-order valence-electron chi connectivity index (χ0n) is 7.43. The fourth-order valence-electron chi connectivity index (χ4n) is 0.965. The van der Waals surface area contributed by atoms with Gasteiger partial charge in [0.15, 0.2) is 0 Å². The van der Waals surface area contributed by atoms with Crippen LogP contribution in [0.2, 0.25) is 0 Å². The van der Waals surface area contributed by atoms with E-state index < -0.39 is 11.7 Å². The Hall–Kier alpha value is -0.500. The fraction of sp³-hybridized carbons (Fsp3) is 0.250. The first-order chi connectivity index (χ1) is 6.99. The largest absolute Gasteiger partial charge is 0.480 e. The van der Waals surface area contributed by atoms with Crippen molar-refractivity contribution in [2.45, 2.75) is 6.43 Å². The number of nitrogens with zero attached hydrogens (tertiary/aromatic N) is 1. The molecule has 0 fully saturated rings. The molecule has 1 aromatic rings. The van der Waals surface area contributed by atoms with E-state index in [-0.39, 0.29) is 20.6 Å². The summed E-state index contributed by atoms with van der Waals surface area (Å²) in [6.45, 7) is 0. The maximum Gasteiger partial charge on any atom is 0.266 e. The van der Waals surface area contributed by atoms with Gasteiger partial charge >= 0.3 is 0 Å². The SMILES string of the molecule is COc1ncc(C(F)F)c(I)c1C(=O)Cl. The lowest BCUT2D eigenvalue weighted by Crippen LogP contribution is -2.05. The molecule has 1 rings (SSSR count). The molecule has 0 N–H and O–H groups in total. The molecular weight excluding hydrogens is 342 g/mol. The zero-order valence-corrected chi connectivity index (χ0v) is 10.3. The summed E-state index contributed by atoms with van der Waals surface area (Å²) < 4.78 is 29.8. The fourth-order valence-corrected chi connectivity index (χ4v) is 2.15. The molecule has 0 aliphatic heterocycles. The Morgan fingerprint density at radius 1 is 1.67 bits per heavy atom. The lowest BCUT2D eigenvalue weighted by atomic mass is 10.2. The number of carbonyl (C=O) groups is 1. The Bertz CT molecular complexity index is 400. The van der Waals surface area contributed by atoms with E-state index in [1.807, 2.05) is 0 Å². The van der Waals surface area contributed by atoms with Gasteiger partial charge in [-0.15, -0.1) is 0 Å². The summed E-state index contributed by atoms with van der Waals surface area (Å²) in [7, 11) is 1.28. The summed E-state index contributed by atoms with van der Waals surface area (Å²) in [4.78, 5) is 14.6. The van der Waals surface area contributed by atoms with Crippen molar-refractivity contribution >= 4 is 39.4 Å². The highest BCUT2D eigenvalue weighted by Crippen LogP contribution is 2.31. The number of pyridine rings is 1. The highest BCUT2D eigenvalue weighted by Gasteiger charge is 2.22. The summed E-state index contributed by atoms with van der Waals surface area (Å²) in [5, 5.41) is -0.869. The van der Waals surface area contributed by atoms with E-state index in [0.29, 0.717) is 0 Å². The van der Waals surface area contributed by atoms with E-state index in [4.69, 9.17) is 16.3 Å². The Kier molecular flexibility index (Phi) is 4.21. The molecule has 7 heteroatoms. The third-order valence-corrected chi connectivity index (χ3v) is 2.98. The average Bonchev–Trinajstić information content (AvgIpc) is 2.15. The van der Waals surface area contributed by atoms with Gasteiger partial charge in [-0.3, -0.25) is 4.79 Å². The van der Waals surface area contributed by atoms with Crippen LogP contribution in [0.4, 0.5) is 8.78 Å². The maximum atomic E-state index is 12.5. The Morgan fingerprint density at radius 2 is 2.27 bits per heavy atom. The van der Waals surface area contributed by atoms with Gasteiger partial charge in [-0.25, -0.2) is 13.8 Å². The van der Waals surface area contributed by atoms with Crippen LogP contribution >= 0.6 is 34.2 Å². The van der Waals surface area contributed by atoms with Crippen LogP contribution in [-0.4, -0.2) is 17.3 Å². The third kappa shape index (κ3) is 2.54. The molecule has 0 amide bonds. The maximum absolute atomic E-state index is 12.5. The molecule has 1 heterocycles. The number of aromatic nitrogens is 1.